The van der Waals surface area contributed by atoms with Crippen LogP contribution in [0.3, 0.4) is 0 Å². The predicted octanol–water partition coefficient (Wildman–Crippen LogP) is 0.866. The lowest BCUT2D eigenvalue weighted by Gasteiger charge is -2.08. The molecule has 1 N–H and O–H groups in total. The molecule has 0 spiro atoms. The van der Waals surface area contributed by atoms with Gasteiger partial charge in [-0.25, -0.2) is 9.97 Å². The van der Waals surface area contributed by atoms with Crippen molar-refractivity contribution in [1.82, 2.24) is 20.2 Å². The van der Waals surface area contributed by atoms with Gasteiger partial charge in [0.05, 0.1) is 6.61 Å². The highest BCUT2D eigenvalue weighted by atomic mass is 32.2. The molecule has 0 fully saturated rings. The Hall–Kier alpha value is -0.690. The Kier molecular flexibility index (Phi) is 7.91. The van der Waals surface area contributed by atoms with E-state index in [1.165, 1.54) is 0 Å². The monoisotopic (exact) mass is 270 g/mol. The van der Waals surface area contributed by atoms with Crippen LogP contribution in [0.4, 0.5) is 0 Å². The maximum atomic E-state index is 4.96. The third-order valence-corrected chi connectivity index (χ3v) is 3.12. The van der Waals surface area contributed by atoms with E-state index < -0.39 is 0 Å². The van der Waals surface area contributed by atoms with Gasteiger partial charge < -0.3 is 15.0 Å². The predicted molar refractivity (Wildman–Crippen MR) is 74.9 cm³/mol. The Labute approximate surface area is 113 Å². The Morgan fingerprint density at radius 1 is 1.33 bits per heavy atom. The van der Waals surface area contributed by atoms with E-state index in [1.54, 1.807) is 18.9 Å². The molecule has 0 radical (unpaired) electrons. The topological polar surface area (TPSA) is 50.3 Å². The molecule has 1 heterocycles. The van der Waals surface area contributed by atoms with Gasteiger partial charge >= 0.3 is 0 Å². The fourth-order valence-corrected chi connectivity index (χ4v) is 2.13. The van der Waals surface area contributed by atoms with Crippen molar-refractivity contribution in [2.75, 3.05) is 46.7 Å². The molecule has 0 aliphatic carbocycles. The standard InChI is InChI=1S/C12H22N4OS/c1-16(2)5-7-18-12-14-9-11(10-15-12)8-13-4-6-17-3/h9-10,13H,4-8H2,1-3H3. The first-order valence-electron chi connectivity index (χ1n) is 6.00. The largest absolute Gasteiger partial charge is 0.383 e. The summed E-state index contributed by atoms with van der Waals surface area (Å²) in [7, 11) is 5.83. The minimum atomic E-state index is 0.722. The molecule has 18 heavy (non-hydrogen) atoms. The Morgan fingerprint density at radius 3 is 2.67 bits per heavy atom. The summed E-state index contributed by atoms with van der Waals surface area (Å²) in [6.07, 6.45) is 3.76. The molecule has 1 rings (SSSR count). The highest BCUT2D eigenvalue weighted by molar-refractivity contribution is 7.99. The van der Waals surface area contributed by atoms with Crippen molar-refractivity contribution in [1.29, 1.82) is 0 Å². The van der Waals surface area contributed by atoms with Gasteiger partial charge in [0.1, 0.15) is 0 Å². The molecule has 0 aromatic carbocycles. The van der Waals surface area contributed by atoms with Gasteiger partial charge in [-0.1, -0.05) is 11.8 Å². The van der Waals surface area contributed by atoms with Crippen LogP contribution in [0.25, 0.3) is 0 Å². The number of rotatable bonds is 9. The molecule has 102 valence electrons. The SMILES string of the molecule is COCCNCc1cnc(SCCN(C)C)nc1. The Bertz CT molecular complexity index is 318. The van der Waals surface area contributed by atoms with E-state index >= 15 is 0 Å². The molecule has 1 aromatic heterocycles. The molecule has 0 aliphatic heterocycles. The van der Waals surface area contributed by atoms with E-state index in [9.17, 15) is 0 Å². The third-order valence-electron chi connectivity index (χ3n) is 2.26. The second-order valence-electron chi connectivity index (χ2n) is 4.20. The molecule has 0 bridgehead atoms. The van der Waals surface area contributed by atoms with Crippen molar-refractivity contribution in [2.45, 2.75) is 11.7 Å². The number of aromatic nitrogens is 2. The van der Waals surface area contributed by atoms with Crippen molar-refractivity contribution in [3.8, 4) is 0 Å². The lowest BCUT2D eigenvalue weighted by atomic mass is 10.3. The van der Waals surface area contributed by atoms with Crippen LogP contribution in [0, 0.1) is 0 Å². The quantitative estimate of drug-likeness (QED) is 0.408. The van der Waals surface area contributed by atoms with Gasteiger partial charge in [0, 0.05) is 50.5 Å². The average Bonchev–Trinajstić information content (AvgIpc) is 2.36. The average molecular weight is 270 g/mol. The molecule has 0 saturated carbocycles. The van der Waals surface area contributed by atoms with E-state index in [4.69, 9.17) is 4.74 Å². The van der Waals surface area contributed by atoms with Crippen molar-refractivity contribution in [3.05, 3.63) is 18.0 Å². The van der Waals surface area contributed by atoms with Crippen LogP contribution in [-0.4, -0.2) is 61.5 Å². The first kappa shape index (κ1) is 15.4. The molecule has 0 saturated heterocycles. The molecule has 0 amide bonds. The normalized spacial score (nSPS) is 11.1. The van der Waals surface area contributed by atoms with Crippen LogP contribution in [0.15, 0.2) is 17.6 Å². The maximum Gasteiger partial charge on any atom is 0.187 e. The summed E-state index contributed by atoms with van der Waals surface area (Å²) in [5, 5.41) is 4.11. The van der Waals surface area contributed by atoms with Gasteiger partial charge in [0.25, 0.3) is 0 Å². The van der Waals surface area contributed by atoms with Gasteiger partial charge in [-0.2, -0.15) is 0 Å². The van der Waals surface area contributed by atoms with Crippen molar-refractivity contribution >= 4 is 11.8 Å². The van der Waals surface area contributed by atoms with Crippen LogP contribution in [0.1, 0.15) is 5.56 Å². The van der Waals surface area contributed by atoms with E-state index in [2.05, 4.69) is 34.3 Å². The number of hydrogen-bond acceptors (Lipinski definition) is 6. The molecule has 0 atom stereocenters. The second-order valence-corrected chi connectivity index (χ2v) is 5.26. The Balaban J connectivity index is 2.24. The van der Waals surface area contributed by atoms with E-state index in [0.717, 1.165) is 42.7 Å². The van der Waals surface area contributed by atoms with Crippen molar-refractivity contribution in [2.24, 2.45) is 0 Å². The van der Waals surface area contributed by atoms with Crippen molar-refractivity contribution in [3.63, 3.8) is 0 Å². The number of nitrogens with zero attached hydrogens (tertiary/aromatic N) is 3. The summed E-state index contributed by atoms with van der Waals surface area (Å²) < 4.78 is 4.96. The minimum absolute atomic E-state index is 0.722. The summed E-state index contributed by atoms with van der Waals surface area (Å²) in [5.74, 6) is 1.01. The van der Waals surface area contributed by atoms with Gasteiger partial charge in [0.2, 0.25) is 0 Å². The minimum Gasteiger partial charge on any atom is -0.383 e. The lowest BCUT2D eigenvalue weighted by Crippen LogP contribution is -2.18. The van der Waals surface area contributed by atoms with Gasteiger partial charge in [-0.15, -0.1) is 0 Å². The molecular weight excluding hydrogens is 248 g/mol. The molecule has 0 aliphatic rings. The van der Waals surface area contributed by atoms with Crippen LogP contribution >= 0.6 is 11.8 Å². The second kappa shape index (κ2) is 9.27. The zero-order valence-corrected chi connectivity index (χ0v) is 12.2. The fraction of sp³-hybridized carbons (Fsp3) is 0.667. The summed E-state index contributed by atoms with van der Waals surface area (Å²) >= 11 is 1.69. The smallest absolute Gasteiger partial charge is 0.187 e. The van der Waals surface area contributed by atoms with Crippen LogP contribution in [0.2, 0.25) is 0 Å². The van der Waals surface area contributed by atoms with Crippen LogP contribution < -0.4 is 5.32 Å². The van der Waals surface area contributed by atoms with Crippen molar-refractivity contribution < 1.29 is 4.74 Å². The van der Waals surface area contributed by atoms with E-state index in [0.29, 0.717) is 0 Å². The van der Waals surface area contributed by atoms with E-state index in [1.807, 2.05) is 12.4 Å². The van der Waals surface area contributed by atoms with Crippen LogP contribution in [0.5, 0.6) is 0 Å². The molecule has 5 nitrogen and oxygen atoms in total. The van der Waals surface area contributed by atoms with Crippen LogP contribution in [-0.2, 0) is 11.3 Å². The highest BCUT2D eigenvalue weighted by Gasteiger charge is 1.99. The number of ether oxygens (including phenoxy) is 1. The number of nitrogens with one attached hydrogen (secondary N) is 1. The zero-order chi connectivity index (χ0) is 13.2. The Morgan fingerprint density at radius 2 is 2.06 bits per heavy atom. The third kappa shape index (κ3) is 6.90. The lowest BCUT2D eigenvalue weighted by molar-refractivity contribution is 0.199. The zero-order valence-electron chi connectivity index (χ0n) is 11.3. The molecule has 1 aromatic rings. The van der Waals surface area contributed by atoms with Gasteiger partial charge in [-0.3, -0.25) is 0 Å². The van der Waals surface area contributed by atoms with Gasteiger partial charge in [-0.05, 0) is 14.1 Å². The summed E-state index contributed by atoms with van der Waals surface area (Å²) in [6, 6.07) is 0. The number of methoxy groups -OCH3 is 1. The highest BCUT2D eigenvalue weighted by Crippen LogP contribution is 2.11. The molecule has 6 heteroatoms. The number of thioether (sulfide) groups is 1. The first-order chi connectivity index (χ1) is 8.72. The molecule has 0 unspecified atom stereocenters. The van der Waals surface area contributed by atoms with E-state index in [-0.39, 0.29) is 0 Å². The summed E-state index contributed by atoms with van der Waals surface area (Å²) in [4.78, 5) is 10.8. The number of hydrogen-bond donors (Lipinski definition) is 1. The van der Waals surface area contributed by atoms with Gasteiger partial charge in [0.15, 0.2) is 5.16 Å². The first-order valence-corrected chi connectivity index (χ1v) is 6.99. The maximum absolute atomic E-state index is 4.96. The summed E-state index contributed by atoms with van der Waals surface area (Å²) in [6.45, 7) is 3.38. The fourth-order valence-electron chi connectivity index (χ4n) is 1.24. The summed E-state index contributed by atoms with van der Waals surface area (Å²) in [5.41, 5.74) is 1.10. The molecular formula is C12H22N4OS.